The van der Waals surface area contributed by atoms with Crippen LogP contribution in [0, 0.1) is 0 Å². The molecule has 0 heterocycles. The topological polar surface area (TPSA) is 61.5 Å². The van der Waals surface area contributed by atoms with E-state index in [0.717, 1.165) is 8.95 Å². The molecule has 2 N–H and O–H groups in total. The van der Waals surface area contributed by atoms with Crippen molar-refractivity contribution in [1.29, 1.82) is 0 Å². The average molecular weight is 401 g/mol. The van der Waals surface area contributed by atoms with Crippen molar-refractivity contribution < 1.29 is 14.3 Å². The minimum absolute atomic E-state index is 0.276. The summed E-state index contributed by atoms with van der Waals surface area (Å²) in [7, 11) is 1.31. The van der Waals surface area contributed by atoms with Crippen LogP contribution in [0.4, 0.5) is 5.69 Å². The molecule has 4 nitrogen and oxygen atoms in total. The number of halogens is 2. The van der Waals surface area contributed by atoms with Gasteiger partial charge in [-0.2, -0.15) is 0 Å². The number of hydrogen-bond donors (Lipinski definition) is 1. The molecular weight excluding hydrogens is 390 g/mol. The van der Waals surface area contributed by atoms with Gasteiger partial charge in [-0.3, -0.25) is 0 Å². The molecule has 0 bridgehead atoms. The summed E-state index contributed by atoms with van der Waals surface area (Å²) in [5.74, 6) is 0.638. The highest BCUT2D eigenvalue weighted by Crippen LogP contribution is 2.33. The molecule has 104 valence electrons. The number of nitrogen functional groups attached to an aromatic ring is 1. The first-order valence-corrected chi connectivity index (χ1v) is 7.20. The van der Waals surface area contributed by atoms with E-state index in [-0.39, 0.29) is 5.56 Å². The third-order valence-electron chi connectivity index (χ3n) is 2.55. The Morgan fingerprint density at radius 2 is 1.90 bits per heavy atom. The molecule has 2 aromatic carbocycles. The van der Waals surface area contributed by atoms with Crippen molar-refractivity contribution in [2.75, 3.05) is 12.8 Å². The fraction of sp³-hybridized carbons (Fsp3) is 0.0714. The number of benzene rings is 2. The number of methoxy groups -OCH3 is 1. The highest BCUT2D eigenvalue weighted by molar-refractivity contribution is 9.11. The van der Waals surface area contributed by atoms with Crippen LogP contribution in [0.3, 0.4) is 0 Å². The summed E-state index contributed by atoms with van der Waals surface area (Å²) in [6, 6.07) is 10.4. The van der Waals surface area contributed by atoms with Gasteiger partial charge >= 0.3 is 5.97 Å². The van der Waals surface area contributed by atoms with Crippen molar-refractivity contribution in [1.82, 2.24) is 0 Å². The lowest BCUT2D eigenvalue weighted by molar-refractivity contribution is 0.0601. The molecule has 0 amide bonds. The Morgan fingerprint density at radius 3 is 2.55 bits per heavy atom. The number of ether oxygens (including phenoxy) is 2. The second kappa shape index (κ2) is 6.28. The lowest BCUT2D eigenvalue weighted by atomic mass is 10.1. The van der Waals surface area contributed by atoms with E-state index in [4.69, 9.17) is 10.5 Å². The monoisotopic (exact) mass is 399 g/mol. The van der Waals surface area contributed by atoms with Crippen LogP contribution in [0.5, 0.6) is 11.5 Å². The van der Waals surface area contributed by atoms with Crippen LogP contribution in [0.1, 0.15) is 10.4 Å². The van der Waals surface area contributed by atoms with Gasteiger partial charge in [-0.15, -0.1) is 0 Å². The first-order valence-electron chi connectivity index (χ1n) is 5.62. The number of carbonyl (C=O) groups excluding carboxylic acids is 1. The van der Waals surface area contributed by atoms with Gasteiger partial charge in [0, 0.05) is 10.2 Å². The van der Waals surface area contributed by atoms with Crippen LogP contribution in [0.15, 0.2) is 45.3 Å². The summed E-state index contributed by atoms with van der Waals surface area (Å²) in [6.07, 6.45) is 0. The zero-order valence-electron chi connectivity index (χ0n) is 10.5. The van der Waals surface area contributed by atoms with E-state index < -0.39 is 5.97 Å². The molecule has 20 heavy (non-hydrogen) atoms. The van der Waals surface area contributed by atoms with Crippen LogP contribution >= 0.6 is 31.9 Å². The standard InChI is InChI=1S/C14H11Br2NO3/c1-19-14(18)10-7-9(3-4-12(10)17)20-13-5-2-8(15)6-11(13)16/h2-7H,17H2,1H3. The summed E-state index contributed by atoms with van der Waals surface area (Å²) in [5.41, 5.74) is 6.36. The summed E-state index contributed by atoms with van der Waals surface area (Å²) in [5, 5.41) is 0. The zero-order valence-corrected chi connectivity index (χ0v) is 13.7. The van der Waals surface area contributed by atoms with Crippen molar-refractivity contribution in [3.05, 3.63) is 50.9 Å². The molecule has 0 atom stereocenters. The van der Waals surface area contributed by atoms with Crippen LogP contribution in [-0.4, -0.2) is 13.1 Å². The molecule has 2 rings (SSSR count). The summed E-state index contributed by atoms with van der Waals surface area (Å²) >= 11 is 6.78. The second-order valence-corrected chi connectivity index (χ2v) is 5.69. The quantitative estimate of drug-likeness (QED) is 0.613. The van der Waals surface area contributed by atoms with E-state index in [1.165, 1.54) is 7.11 Å². The Labute approximate surface area is 133 Å². The zero-order chi connectivity index (χ0) is 14.7. The highest BCUT2D eigenvalue weighted by atomic mass is 79.9. The number of esters is 1. The third kappa shape index (κ3) is 3.32. The smallest absolute Gasteiger partial charge is 0.340 e. The number of carbonyl (C=O) groups is 1. The minimum atomic E-state index is -0.497. The van der Waals surface area contributed by atoms with Crippen molar-refractivity contribution in [2.24, 2.45) is 0 Å². The third-order valence-corrected chi connectivity index (χ3v) is 3.66. The Bertz CT molecular complexity index is 659. The Morgan fingerprint density at radius 1 is 1.15 bits per heavy atom. The normalized spacial score (nSPS) is 10.2. The largest absolute Gasteiger partial charge is 0.465 e. The summed E-state index contributed by atoms with van der Waals surface area (Å²) in [4.78, 5) is 11.6. The predicted octanol–water partition coefficient (Wildman–Crippen LogP) is 4.37. The van der Waals surface area contributed by atoms with E-state index in [9.17, 15) is 4.79 Å². The lowest BCUT2D eigenvalue weighted by Crippen LogP contribution is -2.05. The van der Waals surface area contributed by atoms with Crippen molar-refractivity contribution >= 4 is 43.5 Å². The molecule has 0 aliphatic rings. The number of anilines is 1. The van der Waals surface area contributed by atoms with Crippen molar-refractivity contribution in [3.63, 3.8) is 0 Å². The molecular formula is C14H11Br2NO3. The van der Waals surface area contributed by atoms with Crippen LogP contribution < -0.4 is 10.5 Å². The van der Waals surface area contributed by atoms with Crippen LogP contribution in [0.25, 0.3) is 0 Å². The molecule has 6 heteroatoms. The lowest BCUT2D eigenvalue weighted by Gasteiger charge is -2.10. The van der Waals surface area contributed by atoms with E-state index in [2.05, 4.69) is 36.6 Å². The molecule has 0 aliphatic heterocycles. The maximum absolute atomic E-state index is 11.6. The summed E-state index contributed by atoms with van der Waals surface area (Å²) < 4.78 is 12.1. The maximum atomic E-state index is 11.6. The summed E-state index contributed by atoms with van der Waals surface area (Å²) in [6.45, 7) is 0. The van der Waals surface area contributed by atoms with Gasteiger partial charge in [-0.25, -0.2) is 4.79 Å². The van der Waals surface area contributed by atoms with Gasteiger partial charge in [0.1, 0.15) is 11.5 Å². The Balaban J connectivity index is 2.32. The van der Waals surface area contributed by atoms with E-state index in [1.807, 2.05) is 18.2 Å². The fourth-order valence-corrected chi connectivity index (χ4v) is 2.70. The maximum Gasteiger partial charge on any atom is 0.340 e. The molecule has 2 aromatic rings. The second-order valence-electron chi connectivity index (χ2n) is 3.92. The van der Waals surface area contributed by atoms with Gasteiger partial charge in [0.15, 0.2) is 0 Å². The Kier molecular flexibility index (Phi) is 4.67. The number of hydrogen-bond acceptors (Lipinski definition) is 4. The molecule has 0 saturated carbocycles. The van der Waals surface area contributed by atoms with Gasteiger partial charge in [0.2, 0.25) is 0 Å². The van der Waals surface area contributed by atoms with Crippen molar-refractivity contribution in [2.45, 2.75) is 0 Å². The SMILES string of the molecule is COC(=O)c1cc(Oc2ccc(Br)cc2Br)ccc1N. The van der Waals surface area contributed by atoms with E-state index in [1.54, 1.807) is 18.2 Å². The van der Waals surface area contributed by atoms with Gasteiger partial charge < -0.3 is 15.2 Å². The molecule has 0 radical (unpaired) electrons. The molecule has 0 aliphatic carbocycles. The van der Waals surface area contributed by atoms with E-state index in [0.29, 0.717) is 17.2 Å². The van der Waals surface area contributed by atoms with E-state index >= 15 is 0 Å². The average Bonchev–Trinajstić information content (AvgIpc) is 2.43. The van der Waals surface area contributed by atoms with Gasteiger partial charge in [-0.1, -0.05) is 15.9 Å². The predicted molar refractivity (Wildman–Crippen MR) is 84.1 cm³/mol. The number of rotatable bonds is 3. The number of nitrogens with two attached hydrogens (primary N) is 1. The van der Waals surface area contributed by atoms with Gasteiger partial charge in [0.05, 0.1) is 17.1 Å². The Hall–Kier alpha value is -1.53. The molecule has 0 unspecified atom stereocenters. The molecule has 0 saturated heterocycles. The highest BCUT2D eigenvalue weighted by Gasteiger charge is 2.12. The van der Waals surface area contributed by atoms with Crippen LogP contribution in [-0.2, 0) is 4.74 Å². The molecule has 0 fully saturated rings. The minimum Gasteiger partial charge on any atom is -0.465 e. The molecule has 0 aromatic heterocycles. The van der Waals surface area contributed by atoms with Crippen molar-refractivity contribution in [3.8, 4) is 11.5 Å². The first-order chi connectivity index (χ1) is 9.51. The van der Waals surface area contributed by atoms with Crippen LogP contribution in [0.2, 0.25) is 0 Å². The first kappa shape index (κ1) is 14.9. The van der Waals surface area contributed by atoms with Gasteiger partial charge in [-0.05, 0) is 52.3 Å². The fourth-order valence-electron chi connectivity index (χ4n) is 1.57. The van der Waals surface area contributed by atoms with Gasteiger partial charge in [0.25, 0.3) is 0 Å². The molecule has 0 spiro atoms.